The summed E-state index contributed by atoms with van der Waals surface area (Å²) in [4.78, 5) is 13.1. The first-order chi connectivity index (χ1) is 15.5. The molecule has 0 N–H and O–H groups in total. The standard InChI is InChI=1S/C25H40O7Si/c1-9-20-21(32-25(2,3)31-20)12-10-11-18-15-19(28-5)16-22(30-17-27-4)23(18)24(26)29-13-14-33(6,7)8/h10-11,15-16,20-21H,9,12-14,17H2,1-8H3/b11-10+/t20-,21-/m1/s1. The minimum atomic E-state index is -1.33. The minimum Gasteiger partial charge on any atom is -0.497 e. The van der Waals surface area contributed by atoms with E-state index in [0.717, 1.165) is 12.5 Å². The molecule has 2 rings (SSSR count). The summed E-state index contributed by atoms with van der Waals surface area (Å²) < 4.78 is 33.8. The number of carbonyl (C=O) groups is 1. The average Bonchev–Trinajstić information content (AvgIpc) is 3.04. The topological polar surface area (TPSA) is 72.5 Å². The zero-order chi connectivity index (χ0) is 24.6. The van der Waals surface area contributed by atoms with Gasteiger partial charge in [0.05, 0.1) is 25.9 Å². The lowest BCUT2D eigenvalue weighted by molar-refractivity contribution is -0.146. The monoisotopic (exact) mass is 480 g/mol. The number of hydrogen-bond donors (Lipinski definition) is 0. The van der Waals surface area contributed by atoms with Crippen molar-refractivity contribution < 1.29 is 33.2 Å². The molecule has 0 saturated carbocycles. The van der Waals surface area contributed by atoms with E-state index in [1.807, 2.05) is 26.0 Å². The predicted octanol–water partition coefficient (Wildman–Crippen LogP) is 5.51. The number of esters is 1. The molecule has 1 heterocycles. The first kappa shape index (κ1) is 27.4. The van der Waals surface area contributed by atoms with E-state index in [9.17, 15) is 4.79 Å². The largest absolute Gasteiger partial charge is 0.497 e. The Morgan fingerprint density at radius 2 is 1.85 bits per heavy atom. The maximum absolute atomic E-state index is 13.1. The second-order valence-corrected chi connectivity index (χ2v) is 15.5. The van der Waals surface area contributed by atoms with Crippen molar-refractivity contribution in [2.45, 2.75) is 77.3 Å². The molecule has 33 heavy (non-hydrogen) atoms. The SMILES string of the molecule is CC[C@H]1OC(C)(C)O[C@@H]1C/C=C/c1cc(OC)cc(OCOC)c1C(=O)OCC[Si](C)(C)C. The van der Waals surface area contributed by atoms with Crippen LogP contribution >= 0.6 is 0 Å². The molecule has 8 heteroatoms. The summed E-state index contributed by atoms with van der Waals surface area (Å²) in [5, 5.41) is 0. The lowest BCUT2D eigenvalue weighted by Gasteiger charge is -2.18. The fourth-order valence-corrected chi connectivity index (χ4v) is 4.34. The van der Waals surface area contributed by atoms with Crippen molar-refractivity contribution in [1.29, 1.82) is 0 Å². The molecule has 0 spiro atoms. The molecular formula is C25H40O7Si. The molecule has 1 fully saturated rings. The van der Waals surface area contributed by atoms with Crippen molar-refractivity contribution in [3.05, 3.63) is 29.3 Å². The van der Waals surface area contributed by atoms with E-state index < -0.39 is 19.8 Å². The lowest BCUT2D eigenvalue weighted by atomic mass is 10.0. The molecule has 0 unspecified atom stereocenters. The highest BCUT2D eigenvalue weighted by atomic mass is 28.3. The van der Waals surface area contributed by atoms with Gasteiger partial charge < -0.3 is 28.4 Å². The van der Waals surface area contributed by atoms with Crippen LogP contribution in [0.5, 0.6) is 11.5 Å². The van der Waals surface area contributed by atoms with E-state index in [-0.39, 0.29) is 19.0 Å². The van der Waals surface area contributed by atoms with E-state index in [2.05, 4.69) is 26.6 Å². The van der Waals surface area contributed by atoms with Crippen LogP contribution in [-0.2, 0) is 18.9 Å². The number of ether oxygens (including phenoxy) is 6. The van der Waals surface area contributed by atoms with E-state index >= 15 is 0 Å². The van der Waals surface area contributed by atoms with E-state index in [0.29, 0.717) is 35.7 Å². The van der Waals surface area contributed by atoms with Crippen molar-refractivity contribution in [3.8, 4) is 11.5 Å². The van der Waals surface area contributed by atoms with Crippen LogP contribution in [0.1, 0.15) is 49.5 Å². The van der Waals surface area contributed by atoms with Crippen LogP contribution in [0.15, 0.2) is 18.2 Å². The van der Waals surface area contributed by atoms with Crippen LogP contribution in [0, 0.1) is 0 Å². The van der Waals surface area contributed by atoms with E-state index in [1.165, 1.54) is 7.11 Å². The predicted molar refractivity (Wildman–Crippen MR) is 132 cm³/mol. The molecular weight excluding hydrogens is 440 g/mol. The van der Waals surface area contributed by atoms with Crippen LogP contribution in [0.25, 0.3) is 6.08 Å². The molecule has 1 saturated heterocycles. The van der Waals surface area contributed by atoms with Crippen LogP contribution in [0.2, 0.25) is 25.7 Å². The smallest absolute Gasteiger partial charge is 0.342 e. The molecule has 0 bridgehead atoms. The molecule has 2 atom stereocenters. The fourth-order valence-electron chi connectivity index (χ4n) is 3.62. The third-order valence-corrected chi connectivity index (χ3v) is 7.02. The van der Waals surface area contributed by atoms with Gasteiger partial charge in [-0.25, -0.2) is 4.79 Å². The normalized spacial score (nSPS) is 20.2. The fraction of sp³-hybridized carbons (Fsp3) is 0.640. The van der Waals surface area contributed by atoms with Gasteiger partial charge in [0.1, 0.15) is 17.1 Å². The number of rotatable bonds is 12. The Hall–Kier alpha value is -1.87. The third-order valence-electron chi connectivity index (χ3n) is 5.32. The van der Waals surface area contributed by atoms with Gasteiger partial charge >= 0.3 is 5.97 Å². The summed E-state index contributed by atoms with van der Waals surface area (Å²) in [6.45, 7) is 13.1. The zero-order valence-electron chi connectivity index (χ0n) is 21.4. The second kappa shape index (κ2) is 12.0. The number of methoxy groups -OCH3 is 2. The maximum Gasteiger partial charge on any atom is 0.342 e. The summed E-state index contributed by atoms with van der Waals surface area (Å²) in [6.07, 6.45) is 5.37. The molecule has 1 aromatic rings. The highest BCUT2D eigenvalue weighted by molar-refractivity contribution is 6.76. The van der Waals surface area contributed by atoms with Gasteiger partial charge in [-0.3, -0.25) is 0 Å². The Balaban J connectivity index is 2.30. The summed E-state index contributed by atoms with van der Waals surface area (Å²) in [5.74, 6) is -0.0780. The Morgan fingerprint density at radius 3 is 2.45 bits per heavy atom. The highest BCUT2D eigenvalue weighted by Crippen LogP contribution is 2.33. The summed E-state index contributed by atoms with van der Waals surface area (Å²) in [5.41, 5.74) is 1.01. The second-order valence-electron chi connectivity index (χ2n) is 9.85. The van der Waals surface area contributed by atoms with Crippen LogP contribution in [0.3, 0.4) is 0 Å². The highest BCUT2D eigenvalue weighted by Gasteiger charge is 2.39. The number of hydrogen-bond acceptors (Lipinski definition) is 7. The lowest BCUT2D eigenvalue weighted by Crippen LogP contribution is -2.23. The molecule has 1 aliphatic heterocycles. The first-order valence-electron chi connectivity index (χ1n) is 11.5. The van der Waals surface area contributed by atoms with Crippen molar-refractivity contribution >= 4 is 20.1 Å². The Bertz CT molecular complexity index is 814. The van der Waals surface area contributed by atoms with E-state index in [4.69, 9.17) is 28.4 Å². The molecule has 7 nitrogen and oxygen atoms in total. The van der Waals surface area contributed by atoms with Crippen LogP contribution in [0.4, 0.5) is 0 Å². The van der Waals surface area contributed by atoms with Gasteiger partial charge in [0.25, 0.3) is 0 Å². The quantitative estimate of drug-likeness (QED) is 0.222. The molecule has 1 aromatic carbocycles. The molecule has 0 aliphatic carbocycles. The number of benzene rings is 1. The van der Waals surface area contributed by atoms with Gasteiger partial charge in [0.2, 0.25) is 0 Å². The Kier molecular flexibility index (Phi) is 9.96. The third kappa shape index (κ3) is 8.44. The zero-order valence-corrected chi connectivity index (χ0v) is 22.4. The van der Waals surface area contributed by atoms with Gasteiger partial charge in [-0.15, -0.1) is 0 Å². The molecule has 1 aliphatic rings. The molecule has 0 aromatic heterocycles. The van der Waals surface area contributed by atoms with Crippen molar-refractivity contribution in [1.82, 2.24) is 0 Å². The molecule has 0 radical (unpaired) electrons. The van der Waals surface area contributed by atoms with Gasteiger partial charge in [0, 0.05) is 21.3 Å². The number of carbonyl (C=O) groups excluding carboxylic acids is 1. The first-order valence-corrected chi connectivity index (χ1v) is 15.2. The molecule has 0 amide bonds. The summed E-state index contributed by atoms with van der Waals surface area (Å²) in [6, 6.07) is 4.37. The molecule has 186 valence electrons. The van der Waals surface area contributed by atoms with Gasteiger partial charge in [-0.1, -0.05) is 38.7 Å². The Labute approximate surface area is 199 Å². The van der Waals surface area contributed by atoms with Crippen molar-refractivity contribution in [2.24, 2.45) is 0 Å². The average molecular weight is 481 g/mol. The Morgan fingerprint density at radius 1 is 1.15 bits per heavy atom. The minimum absolute atomic E-state index is 0.00597. The van der Waals surface area contributed by atoms with Gasteiger partial charge in [-0.2, -0.15) is 0 Å². The summed E-state index contributed by atoms with van der Waals surface area (Å²) >= 11 is 0. The van der Waals surface area contributed by atoms with Crippen LogP contribution < -0.4 is 9.47 Å². The maximum atomic E-state index is 13.1. The van der Waals surface area contributed by atoms with Crippen LogP contribution in [-0.4, -0.2) is 59.7 Å². The van der Waals surface area contributed by atoms with Crippen molar-refractivity contribution in [3.63, 3.8) is 0 Å². The van der Waals surface area contributed by atoms with Gasteiger partial charge in [0.15, 0.2) is 12.6 Å². The van der Waals surface area contributed by atoms with Gasteiger partial charge in [-0.05, 0) is 44.4 Å². The van der Waals surface area contributed by atoms with E-state index in [1.54, 1.807) is 19.2 Å². The summed E-state index contributed by atoms with van der Waals surface area (Å²) in [7, 11) is 1.77. The van der Waals surface area contributed by atoms with Crippen molar-refractivity contribution in [2.75, 3.05) is 27.6 Å².